The fraction of sp³-hybridized carbons (Fsp3) is 0.318. The van der Waals surface area contributed by atoms with Crippen LogP contribution in [-0.2, 0) is 14.3 Å². The number of fused-ring (bicyclic) bond motifs is 3. The van der Waals surface area contributed by atoms with Gasteiger partial charge >= 0.3 is 12.1 Å². The van der Waals surface area contributed by atoms with Gasteiger partial charge in [-0.15, -0.1) is 0 Å². The van der Waals surface area contributed by atoms with E-state index in [4.69, 9.17) is 4.74 Å². The number of hydrogen-bond donors (Lipinski definition) is 3. The third-order valence-corrected chi connectivity index (χ3v) is 4.72. The van der Waals surface area contributed by atoms with Crippen molar-refractivity contribution in [2.24, 2.45) is 5.73 Å². The maximum Gasteiger partial charge on any atom is 0.407 e. The lowest BCUT2D eigenvalue weighted by Gasteiger charge is -2.17. The smallest absolute Gasteiger partial charge is 0.407 e. The minimum Gasteiger partial charge on any atom is -0.480 e. The van der Waals surface area contributed by atoms with Crippen LogP contribution in [-0.4, -0.2) is 42.6 Å². The van der Waals surface area contributed by atoms with E-state index in [1.54, 1.807) is 0 Å². The number of amides is 1. The summed E-state index contributed by atoms with van der Waals surface area (Å²) in [5.74, 6) is -1.41. The average Bonchev–Trinajstić information content (AvgIpc) is 3.04. The number of nitrogens with two attached hydrogens (primary N) is 1. The first kappa shape index (κ1) is 22.1. The van der Waals surface area contributed by atoms with Crippen molar-refractivity contribution in [2.75, 3.05) is 13.7 Å². The van der Waals surface area contributed by atoms with Gasteiger partial charge in [0.25, 0.3) is 0 Å². The Kier molecular flexibility index (Phi) is 7.91. The molecule has 3 rings (SSSR count). The number of ketones is 1. The lowest BCUT2D eigenvalue weighted by Crippen LogP contribution is -2.41. The summed E-state index contributed by atoms with van der Waals surface area (Å²) in [5, 5.41) is 11.5. The zero-order valence-electron chi connectivity index (χ0n) is 16.6. The van der Waals surface area contributed by atoms with Gasteiger partial charge in [-0.25, -0.2) is 9.59 Å². The van der Waals surface area contributed by atoms with E-state index < -0.39 is 18.1 Å². The Labute approximate surface area is 169 Å². The number of carboxylic acid groups (broad SMARTS) is 1. The highest BCUT2D eigenvalue weighted by Gasteiger charge is 2.29. The maximum absolute atomic E-state index is 12.1. The summed E-state index contributed by atoms with van der Waals surface area (Å²) in [6.07, 6.45) is -0.678. The van der Waals surface area contributed by atoms with Crippen molar-refractivity contribution < 1.29 is 24.2 Å². The molecule has 1 atom stereocenters. The predicted octanol–water partition coefficient (Wildman–Crippen LogP) is 2.92. The predicted molar refractivity (Wildman–Crippen MR) is 110 cm³/mol. The summed E-state index contributed by atoms with van der Waals surface area (Å²) in [6, 6.07) is 14.8. The number of aliphatic carboxylic acids is 1. The van der Waals surface area contributed by atoms with Crippen LogP contribution in [0.4, 0.5) is 4.79 Å². The van der Waals surface area contributed by atoms with Gasteiger partial charge in [0.05, 0.1) is 0 Å². The standard InChI is InChI=1S/C21H21NO5.CH5N/c1-13(23)10-11-19(20(24)25)22-21(26)27-12-18-16-8-4-2-6-14(16)15-7-3-5-9-17(15)18;1-2/h2-9,18-19H,10-12H2,1H3,(H,22,26)(H,24,25);2H2,1H3/t19-;/m0./s1. The van der Waals surface area contributed by atoms with Gasteiger partial charge in [-0.2, -0.15) is 0 Å². The molecule has 154 valence electrons. The minimum absolute atomic E-state index is 0.0366. The number of benzene rings is 2. The van der Waals surface area contributed by atoms with Crippen molar-refractivity contribution in [3.05, 3.63) is 59.7 Å². The van der Waals surface area contributed by atoms with E-state index in [1.165, 1.54) is 14.0 Å². The minimum atomic E-state index is -1.19. The number of nitrogens with one attached hydrogen (secondary N) is 1. The average molecular weight is 398 g/mol. The van der Waals surface area contributed by atoms with Crippen LogP contribution in [0.25, 0.3) is 11.1 Å². The van der Waals surface area contributed by atoms with E-state index >= 15 is 0 Å². The second kappa shape index (κ2) is 10.4. The van der Waals surface area contributed by atoms with Crippen LogP contribution < -0.4 is 11.1 Å². The van der Waals surface area contributed by atoms with Crippen molar-refractivity contribution in [1.82, 2.24) is 5.32 Å². The third-order valence-electron chi connectivity index (χ3n) is 4.72. The Morgan fingerprint density at radius 2 is 1.55 bits per heavy atom. The second-order valence-corrected chi connectivity index (χ2v) is 6.60. The van der Waals surface area contributed by atoms with E-state index in [0.717, 1.165) is 22.3 Å². The van der Waals surface area contributed by atoms with Crippen LogP contribution in [0.1, 0.15) is 36.8 Å². The highest BCUT2D eigenvalue weighted by molar-refractivity contribution is 5.82. The molecule has 0 bridgehead atoms. The molecule has 0 spiro atoms. The van der Waals surface area contributed by atoms with Gasteiger partial charge in [-0.3, -0.25) is 0 Å². The van der Waals surface area contributed by atoms with Crippen LogP contribution in [0, 0.1) is 0 Å². The van der Waals surface area contributed by atoms with Crippen molar-refractivity contribution in [1.29, 1.82) is 0 Å². The topological polar surface area (TPSA) is 119 Å². The fourth-order valence-corrected chi connectivity index (χ4v) is 3.39. The number of ether oxygens (including phenoxy) is 1. The van der Waals surface area contributed by atoms with E-state index in [9.17, 15) is 19.5 Å². The highest BCUT2D eigenvalue weighted by Crippen LogP contribution is 2.44. The Morgan fingerprint density at radius 3 is 2.03 bits per heavy atom. The zero-order chi connectivity index (χ0) is 21.4. The lowest BCUT2D eigenvalue weighted by atomic mass is 9.98. The molecule has 0 radical (unpaired) electrons. The van der Waals surface area contributed by atoms with Crippen LogP contribution in [0.2, 0.25) is 0 Å². The van der Waals surface area contributed by atoms with Gasteiger partial charge in [0.15, 0.2) is 0 Å². The molecule has 2 aromatic rings. The summed E-state index contributed by atoms with van der Waals surface area (Å²) in [5.41, 5.74) is 8.90. The molecular weight excluding hydrogens is 372 g/mol. The summed E-state index contributed by atoms with van der Waals surface area (Å²) >= 11 is 0. The number of rotatable bonds is 7. The Bertz CT molecular complexity index is 836. The van der Waals surface area contributed by atoms with Crippen molar-refractivity contribution in [3.8, 4) is 11.1 Å². The molecule has 0 unspecified atom stereocenters. The van der Waals surface area contributed by atoms with Crippen molar-refractivity contribution in [3.63, 3.8) is 0 Å². The Morgan fingerprint density at radius 1 is 1.03 bits per heavy atom. The van der Waals surface area contributed by atoms with Crippen LogP contribution in [0.15, 0.2) is 48.5 Å². The van der Waals surface area contributed by atoms with Crippen molar-refractivity contribution >= 4 is 17.8 Å². The van der Waals surface area contributed by atoms with Crippen LogP contribution in [0.5, 0.6) is 0 Å². The molecule has 4 N–H and O–H groups in total. The van der Waals surface area contributed by atoms with E-state index in [-0.39, 0.29) is 31.1 Å². The van der Waals surface area contributed by atoms with Gasteiger partial charge in [-0.1, -0.05) is 48.5 Å². The summed E-state index contributed by atoms with van der Waals surface area (Å²) in [6.45, 7) is 1.49. The van der Waals surface area contributed by atoms with Gasteiger partial charge in [0.1, 0.15) is 18.4 Å². The molecule has 0 saturated heterocycles. The maximum atomic E-state index is 12.1. The molecule has 0 aliphatic heterocycles. The lowest BCUT2D eigenvalue weighted by molar-refractivity contribution is -0.139. The first-order valence-corrected chi connectivity index (χ1v) is 9.39. The molecule has 0 aromatic heterocycles. The molecule has 1 aliphatic carbocycles. The molecule has 7 heteroatoms. The molecule has 1 aliphatic rings. The Hall–Kier alpha value is -3.19. The van der Waals surface area contributed by atoms with Gasteiger partial charge in [-0.05, 0) is 42.6 Å². The molecule has 1 amide bonds. The summed E-state index contributed by atoms with van der Waals surface area (Å²) in [7, 11) is 1.50. The van der Waals surface area contributed by atoms with E-state index in [2.05, 4.69) is 11.1 Å². The molecule has 7 nitrogen and oxygen atoms in total. The molecule has 2 aromatic carbocycles. The number of hydrogen-bond acceptors (Lipinski definition) is 5. The van der Waals surface area contributed by atoms with E-state index in [1.807, 2.05) is 48.5 Å². The number of carbonyl (C=O) groups excluding carboxylic acids is 2. The first-order valence-electron chi connectivity index (χ1n) is 9.39. The fourth-order valence-electron chi connectivity index (χ4n) is 3.39. The molecule has 29 heavy (non-hydrogen) atoms. The van der Waals surface area contributed by atoms with Crippen molar-refractivity contribution in [2.45, 2.75) is 31.7 Å². The highest BCUT2D eigenvalue weighted by atomic mass is 16.5. The molecule has 0 fully saturated rings. The zero-order valence-corrected chi connectivity index (χ0v) is 16.6. The Balaban J connectivity index is 0.00000145. The SMILES string of the molecule is CC(=O)CC[C@H](NC(=O)OCC1c2ccccc2-c2ccccc21)C(=O)O.CN. The molecule has 0 heterocycles. The largest absolute Gasteiger partial charge is 0.480 e. The quantitative estimate of drug-likeness (QED) is 0.660. The van der Waals surface area contributed by atoms with E-state index in [0.29, 0.717) is 0 Å². The number of Topliss-reactive ketones (excluding diaryl/α,β-unsaturated/α-hetero) is 1. The third kappa shape index (κ3) is 5.42. The second-order valence-electron chi connectivity index (χ2n) is 6.60. The first-order chi connectivity index (χ1) is 14.0. The summed E-state index contributed by atoms with van der Waals surface area (Å²) in [4.78, 5) is 34.4. The van der Waals surface area contributed by atoms with Gasteiger partial charge in [0.2, 0.25) is 0 Å². The van der Waals surface area contributed by atoms with Crippen LogP contribution in [0.3, 0.4) is 0 Å². The molecule has 0 saturated carbocycles. The van der Waals surface area contributed by atoms with Gasteiger partial charge in [0, 0.05) is 12.3 Å². The normalized spacial score (nSPS) is 12.7. The number of alkyl carbamates (subject to hydrolysis) is 1. The van der Waals surface area contributed by atoms with Crippen LogP contribution >= 0.6 is 0 Å². The monoisotopic (exact) mass is 398 g/mol. The molecular formula is C22H26N2O5. The summed E-state index contributed by atoms with van der Waals surface area (Å²) < 4.78 is 5.33. The number of carboxylic acids is 1. The number of carbonyl (C=O) groups is 3. The van der Waals surface area contributed by atoms with Gasteiger partial charge < -0.3 is 25.7 Å².